The Morgan fingerprint density at radius 3 is 3.05 bits per heavy atom. The maximum Gasteiger partial charge on any atom is 0.328 e. The number of fused-ring (bicyclic) bond motifs is 1. The van der Waals surface area contributed by atoms with Crippen molar-refractivity contribution in [2.24, 2.45) is 5.92 Å². The van der Waals surface area contributed by atoms with Gasteiger partial charge in [0.15, 0.2) is 0 Å². The standard InChI is InChI=1S/C15H18FNO3/c1-2-20-15(19)14(17-9-18)11-4-3-10-5-6-13(16)8-12(10)7-11/h5-6,8-9,11,14H,2-4,7H2,1H3,(H,17,18). The molecule has 1 aliphatic rings. The third-order valence-corrected chi connectivity index (χ3v) is 3.69. The zero-order valence-corrected chi connectivity index (χ0v) is 11.4. The molecule has 1 aromatic rings. The summed E-state index contributed by atoms with van der Waals surface area (Å²) in [4.78, 5) is 22.6. The molecule has 0 spiro atoms. The predicted molar refractivity (Wildman–Crippen MR) is 71.5 cm³/mol. The van der Waals surface area contributed by atoms with E-state index in [-0.39, 0.29) is 18.3 Å². The number of carbonyl (C=O) groups is 2. The quantitative estimate of drug-likeness (QED) is 0.658. The van der Waals surface area contributed by atoms with Crippen molar-refractivity contribution in [2.45, 2.75) is 32.2 Å². The molecular weight excluding hydrogens is 261 g/mol. The molecule has 2 atom stereocenters. The number of aryl methyl sites for hydroxylation is 1. The van der Waals surface area contributed by atoms with Crippen molar-refractivity contribution < 1.29 is 18.7 Å². The summed E-state index contributed by atoms with van der Waals surface area (Å²) >= 11 is 0. The summed E-state index contributed by atoms with van der Waals surface area (Å²) in [6.45, 7) is 2.00. The second kappa shape index (κ2) is 6.50. The summed E-state index contributed by atoms with van der Waals surface area (Å²) < 4.78 is 18.3. The summed E-state index contributed by atoms with van der Waals surface area (Å²) in [7, 11) is 0. The lowest BCUT2D eigenvalue weighted by Gasteiger charge is -2.29. The fraction of sp³-hybridized carbons (Fsp3) is 0.467. The van der Waals surface area contributed by atoms with Gasteiger partial charge in [0.1, 0.15) is 11.9 Å². The smallest absolute Gasteiger partial charge is 0.328 e. The van der Waals surface area contributed by atoms with Crippen LogP contribution >= 0.6 is 0 Å². The minimum Gasteiger partial charge on any atom is -0.464 e. The molecule has 1 amide bonds. The minimum absolute atomic E-state index is 0.0615. The molecule has 20 heavy (non-hydrogen) atoms. The highest BCUT2D eigenvalue weighted by molar-refractivity contribution is 5.78. The molecule has 5 heteroatoms. The number of ether oxygens (including phenoxy) is 1. The van der Waals surface area contributed by atoms with Gasteiger partial charge in [-0.3, -0.25) is 4.79 Å². The first-order valence-corrected chi connectivity index (χ1v) is 6.79. The number of hydrogen-bond acceptors (Lipinski definition) is 3. The largest absolute Gasteiger partial charge is 0.464 e. The van der Waals surface area contributed by atoms with Crippen molar-refractivity contribution in [3.05, 3.63) is 35.1 Å². The molecule has 0 bridgehead atoms. The van der Waals surface area contributed by atoms with Crippen LogP contribution in [0.15, 0.2) is 18.2 Å². The molecule has 108 valence electrons. The van der Waals surface area contributed by atoms with Crippen LogP contribution in [0.1, 0.15) is 24.5 Å². The first-order chi connectivity index (χ1) is 9.65. The maximum absolute atomic E-state index is 13.3. The Bertz CT molecular complexity index is 504. The molecule has 2 rings (SSSR count). The molecule has 1 N–H and O–H groups in total. The number of halogens is 1. The molecule has 1 aliphatic carbocycles. The van der Waals surface area contributed by atoms with Gasteiger partial charge in [-0.2, -0.15) is 0 Å². The van der Waals surface area contributed by atoms with Crippen LogP contribution in [0.25, 0.3) is 0 Å². The number of benzene rings is 1. The lowest BCUT2D eigenvalue weighted by atomic mass is 9.80. The fourth-order valence-electron chi connectivity index (χ4n) is 2.74. The lowest BCUT2D eigenvalue weighted by Crippen LogP contribution is -2.45. The summed E-state index contributed by atoms with van der Waals surface area (Å²) in [6, 6.07) is 4.08. The third-order valence-electron chi connectivity index (χ3n) is 3.69. The van der Waals surface area contributed by atoms with E-state index in [0.29, 0.717) is 12.8 Å². The van der Waals surface area contributed by atoms with Crippen LogP contribution in [-0.4, -0.2) is 25.0 Å². The van der Waals surface area contributed by atoms with Crippen molar-refractivity contribution in [2.75, 3.05) is 6.61 Å². The Balaban J connectivity index is 2.15. The number of rotatable bonds is 5. The SMILES string of the molecule is CCOC(=O)C(NC=O)C1CCc2ccc(F)cc2C1. The van der Waals surface area contributed by atoms with Gasteiger partial charge in [0, 0.05) is 0 Å². The van der Waals surface area contributed by atoms with Crippen molar-refractivity contribution in [3.8, 4) is 0 Å². The van der Waals surface area contributed by atoms with Gasteiger partial charge < -0.3 is 10.1 Å². The Labute approximate surface area is 117 Å². The van der Waals surface area contributed by atoms with Gasteiger partial charge in [0.25, 0.3) is 0 Å². The molecular formula is C15H18FNO3. The number of nitrogens with one attached hydrogen (secondary N) is 1. The van der Waals surface area contributed by atoms with E-state index in [4.69, 9.17) is 4.74 Å². The minimum atomic E-state index is -0.663. The summed E-state index contributed by atoms with van der Waals surface area (Å²) in [5.41, 5.74) is 2.01. The predicted octanol–water partition coefficient (Wildman–Crippen LogP) is 1.61. The highest BCUT2D eigenvalue weighted by atomic mass is 19.1. The van der Waals surface area contributed by atoms with Crippen molar-refractivity contribution in [3.63, 3.8) is 0 Å². The zero-order valence-electron chi connectivity index (χ0n) is 11.4. The Morgan fingerprint density at radius 1 is 1.55 bits per heavy atom. The molecule has 2 unspecified atom stereocenters. The van der Waals surface area contributed by atoms with E-state index in [1.807, 2.05) is 0 Å². The third kappa shape index (κ3) is 3.15. The van der Waals surface area contributed by atoms with Gasteiger partial charge in [-0.05, 0) is 55.4 Å². The second-order valence-corrected chi connectivity index (χ2v) is 4.93. The van der Waals surface area contributed by atoms with Crippen LogP contribution < -0.4 is 5.32 Å². The second-order valence-electron chi connectivity index (χ2n) is 4.93. The topological polar surface area (TPSA) is 55.4 Å². The van der Waals surface area contributed by atoms with Crippen LogP contribution in [0.5, 0.6) is 0 Å². The van der Waals surface area contributed by atoms with Crippen LogP contribution in [0, 0.1) is 11.7 Å². The molecule has 1 aromatic carbocycles. The first-order valence-electron chi connectivity index (χ1n) is 6.79. The van der Waals surface area contributed by atoms with Gasteiger partial charge in [-0.1, -0.05) is 6.07 Å². The number of carbonyl (C=O) groups excluding carboxylic acids is 2. The lowest BCUT2D eigenvalue weighted by molar-refractivity contribution is -0.148. The van der Waals surface area contributed by atoms with Gasteiger partial charge in [-0.15, -0.1) is 0 Å². The molecule has 4 nitrogen and oxygen atoms in total. The Morgan fingerprint density at radius 2 is 2.35 bits per heavy atom. The zero-order chi connectivity index (χ0) is 14.5. The number of amides is 1. The van der Waals surface area contributed by atoms with Crippen LogP contribution in [0.3, 0.4) is 0 Å². The van der Waals surface area contributed by atoms with E-state index in [2.05, 4.69) is 5.32 Å². The maximum atomic E-state index is 13.3. The number of hydrogen-bond donors (Lipinski definition) is 1. The average molecular weight is 279 g/mol. The highest BCUT2D eigenvalue weighted by Crippen LogP contribution is 2.28. The van der Waals surface area contributed by atoms with E-state index < -0.39 is 12.0 Å². The molecule has 0 aromatic heterocycles. The van der Waals surface area contributed by atoms with Gasteiger partial charge in [-0.25, -0.2) is 9.18 Å². The van der Waals surface area contributed by atoms with Gasteiger partial charge in [0.2, 0.25) is 6.41 Å². The fourth-order valence-corrected chi connectivity index (χ4v) is 2.74. The molecule has 0 heterocycles. The monoisotopic (exact) mass is 279 g/mol. The van der Waals surface area contributed by atoms with Crippen LogP contribution in [0.2, 0.25) is 0 Å². The Kier molecular flexibility index (Phi) is 4.71. The van der Waals surface area contributed by atoms with Crippen molar-refractivity contribution >= 4 is 12.4 Å². The van der Waals surface area contributed by atoms with Gasteiger partial charge >= 0.3 is 5.97 Å². The van der Waals surface area contributed by atoms with E-state index in [1.165, 1.54) is 12.1 Å². The highest BCUT2D eigenvalue weighted by Gasteiger charge is 2.32. The van der Waals surface area contributed by atoms with Crippen LogP contribution in [0.4, 0.5) is 4.39 Å². The normalized spacial score (nSPS) is 18.8. The summed E-state index contributed by atoms with van der Waals surface area (Å²) in [5, 5.41) is 2.53. The Hall–Kier alpha value is -1.91. The van der Waals surface area contributed by atoms with Crippen LogP contribution in [-0.2, 0) is 27.2 Å². The molecule has 0 saturated carbocycles. The van der Waals surface area contributed by atoms with E-state index in [0.717, 1.165) is 24.0 Å². The number of esters is 1. The van der Waals surface area contributed by atoms with E-state index in [1.54, 1.807) is 13.0 Å². The van der Waals surface area contributed by atoms with Crippen molar-refractivity contribution in [1.29, 1.82) is 0 Å². The summed E-state index contributed by atoms with van der Waals surface area (Å²) in [6.07, 6.45) is 2.62. The van der Waals surface area contributed by atoms with E-state index in [9.17, 15) is 14.0 Å². The molecule has 0 fully saturated rings. The van der Waals surface area contributed by atoms with E-state index >= 15 is 0 Å². The molecule has 0 aliphatic heterocycles. The average Bonchev–Trinajstić information content (AvgIpc) is 2.44. The summed E-state index contributed by atoms with van der Waals surface area (Å²) in [5.74, 6) is -0.765. The van der Waals surface area contributed by atoms with Crippen molar-refractivity contribution in [1.82, 2.24) is 5.32 Å². The first kappa shape index (κ1) is 14.5. The molecule has 0 saturated heterocycles. The molecule has 0 radical (unpaired) electrons. The van der Waals surface area contributed by atoms with Gasteiger partial charge in [0.05, 0.1) is 6.61 Å².